The van der Waals surface area contributed by atoms with Crippen LogP contribution in [0, 0.1) is 12.7 Å². The molecular weight excluding hydrogens is 569 g/mol. The Hall–Kier alpha value is -4.04. The highest BCUT2D eigenvalue weighted by Crippen LogP contribution is 2.44. The topological polar surface area (TPSA) is 67.5 Å². The van der Waals surface area contributed by atoms with Gasteiger partial charge in [-0.1, -0.05) is 29.8 Å². The van der Waals surface area contributed by atoms with Crippen molar-refractivity contribution < 1.29 is 23.4 Å². The molecule has 7 nitrogen and oxygen atoms in total. The number of benzene rings is 3. The van der Waals surface area contributed by atoms with Gasteiger partial charge >= 0.3 is 5.97 Å². The second kappa shape index (κ2) is 12.3. The zero-order valence-corrected chi connectivity index (χ0v) is 25.5. The van der Waals surface area contributed by atoms with Crippen LogP contribution in [0.3, 0.4) is 0 Å². The largest absolute Gasteiger partial charge is 0.493 e. The third-order valence-corrected chi connectivity index (χ3v) is 8.51. The lowest BCUT2D eigenvalue weighted by Gasteiger charge is -2.14. The van der Waals surface area contributed by atoms with Crippen molar-refractivity contribution in [1.29, 1.82) is 0 Å². The molecule has 0 unspecified atom stereocenters. The first-order valence-corrected chi connectivity index (χ1v) is 15.2. The van der Waals surface area contributed by atoms with Gasteiger partial charge < -0.3 is 18.8 Å². The molecule has 5 aromatic rings. The van der Waals surface area contributed by atoms with Crippen LogP contribution >= 0.6 is 11.6 Å². The average Bonchev–Trinajstić information content (AvgIpc) is 3.44. The molecule has 1 aliphatic rings. The second-order valence-electron chi connectivity index (χ2n) is 10.9. The SMILES string of the molecule is CCOC(=O)c1c(CCCOc2cccc3cc(F)ccc23)c2ccc(Cl)c3c2n1CCCCCOc1nn(C)c(C)c1-3. The third kappa shape index (κ3) is 5.44. The Balaban J connectivity index is 1.43. The molecule has 3 aromatic carbocycles. The normalized spacial score (nSPS) is 13.4. The summed E-state index contributed by atoms with van der Waals surface area (Å²) in [5.41, 5.74) is 4.96. The molecule has 6 rings (SSSR count). The summed E-state index contributed by atoms with van der Waals surface area (Å²) in [6.45, 7) is 5.73. The van der Waals surface area contributed by atoms with Crippen molar-refractivity contribution in [2.75, 3.05) is 19.8 Å². The number of aromatic nitrogens is 3. The number of halogens is 2. The van der Waals surface area contributed by atoms with Crippen molar-refractivity contribution in [3.05, 3.63) is 76.3 Å². The number of esters is 1. The van der Waals surface area contributed by atoms with Gasteiger partial charge in [0, 0.05) is 35.6 Å². The molecule has 0 saturated carbocycles. The maximum atomic E-state index is 13.8. The highest BCUT2D eigenvalue weighted by atomic mass is 35.5. The van der Waals surface area contributed by atoms with E-state index in [4.69, 9.17) is 25.8 Å². The van der Waals surface area contributed by atoms with Crippen LogP contribution in [0.2, 0.25) is 5.02 Å². The van der Waals surface area contributed by atoms with Crippen LogP contribution in [-0.2, 0) is 24.8 Å². The molecule has 0 amide bonds. The summed E-state index contributed by atoms with van der Waals surface area (Å²) >= 11 is 6.97. The number of hydrogen-bond acceptors (Lipinski definition) is 5. The molecule has 0 bridgehead atoms. The van der Waals surface area contributed by atoms with Gasteiger partial charge in [0.15, 0.2) is 0 Å². The van der Waals surface area contributed by atoms with Crippen molar-refractivity contribution in [2.24, 2.45) is 7.05 Å². The first kappa shape index (κ1) is 29.1. The van der Waals surface area contributed by atoms with Gasteiger partial charge in [-0.3, -0.25) is 4.68 Å². The van der Waals surface area contributed by atoms with Crippen molar-refractivity contribution in [3.8, 4) is 22.8 Å². The third-order valence-electron chi connectivity index (χ3n) is 8.19. The van der Waals surface area contributed by atoms with E-state index in [-0.39, 0.29) is 18.4 Å². The summed E-state index contributed by atoms with van der Waals surface area (Å²) in [5.74, 6) is 0.625. The number of carbonyl (C=O) groups excluding carboxylic acids is 1. The number of hydrogen-bond donors (Lipinski definition) is 0. The molecule has 0 aliphatic carbocycles. The van der Waals surface area contributed by atoms with E-state index in [0.717, 1.165) is 63.3 Å². The number of carbonyl (C=O) groups is 1. The highest BCUT2D eigenvalue weighted by Gasteiger charge is 2.30. The first-order valence-electron chi connectivity index (χ1n) is 14.9. The molecule has 224 valence electrons. The fourth-order valence-electron chi connectivity index (χ4n) is 6.11. The van der Waals surface area contributed by atoms with Gasteiger partial charge in [-0.15, -0.1) is 5.10 Å². The van der Waals surface area contributed by atoms with Crippen LogP contribution in [0.1, 0.15) is 54.4 Å². The van der Waals surface area contributed by atoms with Crippen LogP contribution in [0.5, 0.6) is 11.6 Å². The Labute approximate surface area is 255 Å². The standard InChI is InChI=1S/C34H35ClFN3O4/c1-4-41-34(40)32-25(11-9-19-42-28-12-8-10-22-20-23(36)13-14-24(22)28)26-15-16-27(35)30-29-21(2)38(3)37-33(29)43-18-7-5-6-17-39(32)31(26)30/h8,10,12-16,20H,4-7,9,11,17-19H2,1-3H3. The summed E-state index contributed by atoms with van der Waals surface area (Å²) in [6, 6.07) is 14.2. The molecule has 3 heterocycles. The minimum Gasteiger partial charge on any atom is -0.493 e. The quantitative estimate of drug-likeness (QED) is 0.139. The molecular formula is C34H35ClFN3O4. The van der Waals surface area contributed by atoms with Gasteiger partial charge in [0.25, 0.3) is 0 Å². The van der Waals surface area contributed by atoms with E-state index in [0.29, 0.717) is 54.9 Å². The molecule has 43 heavy (non-hydrogen) atoms. The van der Waals surface area contributed by atoms with Crippen LogP contribution in [-0.4, -0.2) is 40.1 Å². The lowest BCUT2D eigenvalue weighted by Crippen LogP contribution is -2.15. The van der Waals surface area contributed by atoms with E-state index in [2.05, 4.69) is 9.67 Å². The minimum absolute atomic E-state index is 0.276. The van der Waals surface area contributed by atoms with Crippen LogP contribution in [0.25, 0.3) is 32.8 Å². The Kier molecular flexibility index (Phi) is 8.30. The van der Waals surface area contributed by atoms with E-state index in [1.807, 2.05) is 55.9 Å². The molecule has 1 aliphatic heterocycles. The van der Waals surface area contributed by atoms with Crippen molar-refractivity contribution in [2.45, 2.75) is 52.5 Å². The number of fused-ring (bicyclic) bond motifs is 3. The van der Waals surface area contributed by atoms with E-state index < -0.39 is 0 Å². The molecule has 0 fully saturated rings. The maximum Gasteiger partial charge on any atom is 0.355 e. The summed E-state index contributed by atoms with van der Waals surface area (Å²) in [6.07, 6.45) is 3.94. The summed E-state index contributed by atoms with van der Waals surface area (Å²) < 4.78 is 35.7. The Morgan fingerprint density at radius 2 is 1.93 bits per heavy atom. The zero-order valence-electron chi connectivity index (χ0n) is 24.7. The second-order valence-corrected chi connectivity index (χ2v) is 11.3. The van der Waals surface area contributed by atoms with Gasteiger partial charge in [-0.2, -0.15) is 0 Å². The Morgan fingerprint density at radius 3 is 2.77 bits per heavy atom. The van der Waals surface area contributed by atoms with Gasteiger partial charge in [0.2, 0.25) is 5.88 Å². The smallest absolute Gasteiger partial charge is 0.355 e. The number of aryl methyl sites for hydroxylation is 3. The Bertz CT molecular complexity index is 1830. The molecule has 2 aromatic heterocycles. The van der Waals surface area contributed by atoms with E-state index >= 15 is 0 Å². The monoisotopic (exact) mass is 603 g/mol. The molecule has 0 spiro atoms. The molecule has 0 saturated heterocycles. The lowest BCUT2D eigenvalue weighted by molar-refractivity contribution is 0.0512. The molecule has 0 N–H and O–H groups in total. The summed E-state index contributed by atoms with van der Waals surface area (Å²) in [4.78, 5) is 13.6. The van der Waals surface area contributed by atoms with Crippen LogP contribution in [0.4, 0.5) is 4.39 Å². The number of nitrogens with zero attached hydrogens (tertiary/aromatic N) is 3. The van der Waals surface area contributed by atoms with Crippen molar-refractivity contribution >= 4 is 39.2 Å². The number of ether oxygens (including phenoxy) is 3. The first-order chi connectivity index (χ1) is 20.9. The van der Waals surface area contributed by atoms with Crippen LogP contribution in [0.15, 0.2) is 48.5 Å². The van der Waals surface area contributed by atoms with E-state index in [9.17, 15) is 9.18 Å². The minimum atomic E-state index is -0.345. The lowest BCUT2D eigenvalue weighted by atomic mass is 9.99. The highest BCUT2D eigenvalue weighted by molar-refractivity contribution is 6.35. The fraction of sp³-hybridized carbons (Fsp3) is 0.353. The van der Waals surface area contributed by atoms with Crippen molar-refractivity contribution in [3.63, 3.8) is 0 Å². The van der Waals surface area contributed by atoms with Crippen LogP contribution < -0.4 is 9.47 Å². The predicted octanol–water partition coefficient (Wildman–Crippen LogP) is 8.05. The zero-order chi connectivity index (χ0) is 30.1. The fourth-order valence-corrected chi connectivity index (χ4v) is 6.35. The molecule has 0 atom stereocenters. The maximum absolute atomic E-state index is 13.8. The van der Waals surface area contributed by atoms with Gasteiger partial charge in [-0.25, -0.2) is 9.18 Å². The van der Waals surface area contributed by atoms with E-state index in [1.165, 1.54) is 12.1 Å². The predicted molar refractivity (Wildman–Crippen MR) is 167 cm³/mol. The van der Waals surface area contributed by atoms with E-state index in [1.54, 1.807) is 6.07 Å². The van der Waals surface area contributed by atoms with Crippen molar-refractivity contribution in [1.82, 2.24) is 14.3 Å². The number of rotatable bonds is 7. The van der Waals surface area contributed by atoms with Gasteiger partial charge in [0.05, 0.1) is 35.9 Å². The summed E-state index contributed by atoms with van der Waals surface area (Å²) in [5, 5.41) is 7.84. The average molecular weight is 604 g/mol. The summed E-state index contributed by atoms with van der Waals surface area (Å²) in [7, 11) is 1.90. The molecule has 0 radical (unpaired) electrons. The van der Waals surface area contributed by atoms with Gasteiger partial charge in [0.1, 0.15) is 17.3 Å². The molecule has 9 heteroatoms. The van der Waals surface area contributed by atoms with Gasteiger partial charge in [-0.05, 0) is 87.2 Å². The Morgan fingerprint density at radius 1 is 1.09 bits per heavy atom.